The molecule has 0 radical (unpaired) electrons. The third kappa shape index (κ3) is 2.04. The second kappa shape index (κ2) is 4.71. The summed E-state index contributed by atoms with van der Waals surface area (Å²) in [5, 5.41) is 17.2. The van der Waals surface area contributed by atoms with Gasteiger partial charge in [-0.15, -0.1) is 0 Å². The third-order valence-corrected chi connectivity index (χ3v) is 1.60. The van der Waals surface area contributed by atoms with Crippen molar-refractivity contribution < 1.29 is 9.53 Å². The van der Waals surface area contributed by atoms with Gasteiger partial charge in [0.1, 0.15) is 12.1 Å². The lowest BCUT2D eigenvalue weighted by Gasteiger charge is -2.00. The van der Waals surface area contributed by atoms with Crippen molar-refractivity contribution in [3.63, 3.8) is 0 Å². The Balaban J connectivity index is 3.35. The zero-order valence-corrected chi connectivity index (χ0v) is 8.27. The molecule has 1 aromatic rings. The van der Waals surface area contributed by atoms with Gasteiger partial charge in [-0.3, -0.25) is 4.79 Å². The number of carbonyl (C=O) groups excluding carboxylic acids is 1. The Labute approximate surface area is 89.9 Å². The van der Waals surface area contributed by atoms with Crippen LogP contribution in [-0.4, -0.2) is 22.5 Å². The van der Waals surface area contributed by atoms with E-state index < -0.39 is 17.2 Å². The molecule has 0 saturated heterocycles. The van der Waals surface area contributed by atoms with Crippen LogP contribution in [0.15, 0.2) is 4.79 Å². The molecular formula is C9H6N4O3. The van der Waals surface area contributed by atoms with Gasteiger partial charge in [0.15, 0.2) is 11.4 Å². The molecule has 1 aromatic heterocycles. The van der Waals surface area contributed by atoms with E-state index in [1.165, 1.54) is 0 Å². The molecule has 0 aliphatic carbocycles. The quantitative estimate of drug-likeness (QED) is 0.680. The molecule has 0 bridgehead atoms. The number of H-pyrrole nitrogens is 1. The molecule has 7 nitrogen and oxygen atoms in total. The number of aromatic nitrogens is 2. The van der Waals surface area contributed by atoms with Crippen LogP contribution in [0.4, 0.5) is 0 Å². The van der Waals surface area contributed by atoms with Crippen LogP contribution >= 0.6 is 0 Å². The predicted octanol–water partition coefficient (Wildman–Crippen LogP) is -0.310. The number of aromatic amines is 1. The lowest BCUT2D eigenvalue weighted by atomic mass is 10.3. The van der Waals surface area contributed by atoms with E-state index in [9.17, 15) is 9.59 Å². The van der Waals surface area contributed by atoms with Crippen molar-refractivity contribution in [2.75, 3.05) is 6.61 Å². The van der Waals surface area contributed by atoms with E-state index in [0.717, 1.165) is 0 Å². The first-order valence-electron chi connectivity index (χ1n) is 4.25. The van der Waals surface area contributed by atoms with Gasteiger partial charge in [0.25, 0.3) is 5.56 Å². The zero-order chi connectivity index (χ0) is 12.1. The molecule has 16 heavy (non-hydrogen) atoms. The molecule has 80 valence electrons. The predicted molar refractivity (Wildman–Crippen MR) is 50.2 cm³/mol. The van der Waals surface area contributed by atoms with Crippen molar-refractivity contribution in [3.05, 3.63) is 27.4 Å². The molecule has 0 atom stereocenters. The molecule has 0 spiro atoms. The number of ether oxygens (including phenoxy) is 1. The second-order valence-corrected chi connectivity index (χ2v) is 2.58. The van der Waals surface area contributed by atoms with E-state index >= 15 is 0 Å². The maximum atomic E-state index is 11.3. The van der Waals surface area contributed by atoms with Gasteiger partial charge in [-0.2, -0.15) is 10.5 Å². The zero-order valence-electron chi connectivity index (χ0n) is 8.27. The van der Waals surface area contributed by atoms with Gasteiger partial charge < -0.3 is 9.72 Å². The molecule has 0 fully saturated rings. The molecule has 0 amide bonds. The highest BCUT2D eigenvalue weighted by Gasteiger charge is 2.17. The Morgan fingerprint density at radius 3 is 2.69 bits per heavy atom. The number of hydrogen-bond donors (Lipinski definition) is 1. The fraction of sp³-hybridized carbons (Fsp3) is 0.222. The SMILES string of the molecule is CCOC(=O)c1nc(C#N)c(C#N)[nH]c1=O. The summed E-state index contributed by atoms with van der Waals surface area (Å²) >= 11 is 0. The van der Waals surface area contributed by atoms with E-state index in [1.807, 2.05) is 0 Å². The second-order valence-electron chi connectivity index (χ2n) is 2.58. The Morgan fingerprint density at radius 2 is 2.19 bits per heavy atom. The molecular weight excluding hydrogens is 212 g/mol. The van der Waals surface area contributed by atoms with E-state index in [-0.39, 0.29) is 18.0 Å². The summed E-state index contributed by atoms with van der Waals surface area (Å²) in [4.78, 5) is 28.1. The summed E-state index contributed by atoms with van der Waals surface area (Å²) in [6.07, 6.45) is 0. The Morgan fingerprint density at radius 1 is 1.50 bits per heavy atom. The average Bonchev–Trinajstić information content (AvgIpc) is 2.28. The summed E-state index contributed by atoms with van der Waals surface area (Å²) in [7, 11) is 0. The number of nitriles is 2. The van der Waals surface area contributed by atoms with Gasteiger partial charge in [-0.1, -0.05) is 0 Å². The van der Waals surface area contributed by atoms with Crippen LogP contribution < -0.4 is 5.56 Å². The fourth-order valence-corrected chi connectivity index (χ4v) is 0.950. The molecule has 1 N–H and O–H groups in total. The number of nitrogens with one attached hydrogen (secondary N) is 1. The van der Waals surface area contributed by atoms with E-state index in [1.54, 1.807) is 19.1 Å². The first-order chi connectivity index (χ1) is 7.63. The number of esters is 1. The average molecular weight is 218 g/mol. The van der Waals surface area contributed by atoms with Crippen molar-refractivity contribution in [3.8, 4) is 12.1 Å². The minimum atomic E-state index is -0.926. The Hall–Kier alpha value is -2.67. The van der Waals surface area contributed by atoms with Crippen molar-refractivity contribution in [1.82, 2.24) is 9.97 Å². The van der Waals surface area contributed by atoms with Crippen LogP contribution in [0.5, 0.6) is 0 Å². The van der Waals surface area contributed by atoms with Crippen molar-refractivity contribution in [1.29, 1.82) is 10.5 Å². The standard InChI is InChI=1S/C9H6N4O3/c1-2-16-9(15)7-8(14)13-6(4-11)5(3-10)12-7/h2H2,1H3,(H,13,14). The largest absolute Gasteiger partial charge is 0.461 e. The Kier molecular flexibility index (Phi) is 3.36. The van der Waals surface area contributed by atoms with E-state index in [4.69, 9.17) is 10.5 Å². The third-order valence-electron chi connectivity index (χ3n) is 1.60. The maximum absolute atomic E-state index is 11.3. The maximum Gasteiger partial charge on any atom is 0.362 e. The highest BCUT2D eigenvalue weighted by molar-refractivity contribution is 5.86. The number of nitrogens with zero attached hydrogens (tertiary/aromatic N) is 3. The van der Waals surface area contributed by atoms with Gasteiger partial charge in [0.05, 0.1) is 6.61 Å². The fourth-order valence-electron chi connectivity index (χ4n) is 0.950. The van der Waals surface area contributed by atoms with Gasteiger partial charge in [0, 0.05) is 0 Å². The molecule has 0 aliphatic rings. The normalized spacial score (nSPS) is 8.94. The number of rotatable bonds is 2. The lowest BCUT2D eigenvalue weighted by molar-refractivity contribution is 0.0517. The molecule has 7 heteroatoms. The van der Waals surface area contributed by atoms with Crippen molar-refractivity contribution in [2.45, 2.75) is 6.92 Å². The summed E-state index contributed by atoms with van der Waals surface area (Å²) in [5.41, 5.74) is -1.97. The topological polar surface area (TPSA) is 120 Å². The van der Waals surface area contributed by atoms with Crippen molar-refractivity contribution >= 4 is 5.97 Å². The molecule has 0 aliphatic heterocycles. The minimum absolute atomic E-state index is 0.0852. The Bertz CT molecular complexity index is 562. The monoisotopic (exact) mass is 218 g/mol. The van der Waals surface area contributed by atoms with Gasteiger partial charge in [-0.05, 0) is 6.92 Å². The number of hydrogen-bond acceptors (Lipinski definition) is 6. The molecule has 0 unspecified atom stereocenters. The summed E-state index contributed by atoms with van der Waals surface area (Å²) in [5.74, 6) is -0.926. The van der Waals surface area contributed by atoms with Crippen LogP contribution in [0.1, 0.15) is 28.8 Å². The molecule has 1 rings (SSSR count). The van der Waals surface area contributed by atoms with Crippen LogP contribution in [0.25, 0.3) is 0 Å². The summed E-state index contributed by atoms with van der Waals surface area (Å²) < 4.78 is 4.57. The van der Waals surface area contributed by atoms with Crippen LogP contribution in [0.3, 0.4) is 0 Å². The summed E-state index contributed by atoms with van der Waals surface area (Å²) in [6.45, 7) is 1.66. The van der Waals surface area contributed by atoms with Crippen LogP contribution in [0, 0.1) is 22.7 Å². The van der Waals surface area contributed by atoms with Crippen LogP contribution in [0.2, 0.25) is 0 Å². The van der Waals surface area contributed by atoms with Gasteiger partial charge >= 0.3 is 5.97 Å². The summed E-state index contributed by atoms with van der Waals surface area (Å²) in [6, 6.07) is 3.19. The molecule has 0 saturated carbocycles. The lowest BCUT2D eigenvalue weighted by Crippen LogP contribution is -2.24. The number of carbonyl (C=O) groups is 1. The molecule has 1 heterocycles. The van der Waals surface area contributed by atoms with Crippen LogP contribution in [-0.2, 0) is 4.74 Å². The smallest absolute Gasteiger partial charge is 0.362 e. The van der Waals surface area contributed by atoms with Gasteiger partial charge in [0.2, 0.25) is 5.69 Å². The van der Waals surface area contributed by atoms with Gasteiger partial charge in [-0.25, -0.2) is 9.78 Å². The van der Waals surface area contributed by atoms with Crippen molar-refractivity contribution in [2.24, 2.45) is 0 Å². The van der Waals surface area contributed by atoms with E-state index in [2.05, 4.69) is 14.7 Å². The highest BCUT2D eigenvalue weighted by Crippen LogP contribution is 1.99. The first-order valence-corrected chi connectivity index (χ1v) is 4.25. The molecule has 0 aromatic carbocycles. The minimum Gasteiger partial charge on any atom is -0.461 e. The highest BCUT2D eigenvalue weighted by atomic mass is 16.5. The van der Waals surface area contributed by atoms with E-state index in [0.29, 0.717) is 0 Å². The first kappa shape index (κ1) is 11.4.